The van der Waals surface area contributed by atoms with E-state index in [9.17, 15) is 4.79 Å². The van der Waals surface area contributed by atoms with E-state index in [0.29, 0.717) is 5.75 Å². The average Bonchev–Trinajstić information content (AvgIpc) is 2.65. The van der Waals surface area contributed by atoms with Gasteiger partial charge in [-0.15, -0.1) is 0 Å². The third-order valence-corrected chi connectivity index (χ3v) is 6.47. The van der Waals surface area contributed by atoms with Crippen molar-refractivity contribution in [3.05, 3.63) is 36.4 Å². The number of piperidine rings is 1. The molecule has 0 unspecified atom stereocenters. The van der Waals surface area contributed by atoms with Crippen LogP contribution < -0.4 is 0 Å². The Hall–Kier alpha value is -1.55. The van der Waals surface area contributed by atoms with Gasteiger partial charge in [0.25, 0.3) is 0 Å². The second-order valence-electron chi connectivity index (χ2n) is 7.06. The van der Waals surface area contributed by atoms with Gasteiger partial charge >= 0.3 is 0 Å². The summed E-state index contributed by atoms with van der Waals surface area (Å²) in [4.78, 5) is 19.3. The van der Waals surface area contributed by atoms with Gasteiger partial charge < -0.3 is 4.90 Å². The van der Waals surface area contributed by atoms with Gasteiger partial charge in [0.2, 0.25) is 5.91 Å². The van der Waals surface area contributed by atoms with E-state index >= 15 is 0 Å². The summed E-state index contributed by atoms with van der Waals surface area (Å²) in [5.41, 5.74) is 0.998. The molecule has 1 saturated carbocycles. The maximum Gasteiger partial charge on any atom is 0.232 e. The second-order valence-corrected chi connectivity index (χ2v) is 8.06. The smallest absolute Gasteiger partial charge is 0.232 e. The standard InChI is InChI=1S/C20H24N2OS/c23-20(22-12-11-15-5-1-2-7-17(15)13-22)14-24-19-10-9-16-6-3-4-8-18(16)21-19/h3-4,6,8-10,15,17H,1-2,5,7,11-14H2/t15-,17-/m1/s1. The summed E-state index contributed by atoms with van der Waals surface area (Å²) in [6.45, 7) is 1.93. The highest BCUT2D eigenvalue weighted by Crippen LogP contribution is 2.36. The molecule has 1 aliphatic heterocycles. The maximum absolute atomic E-state index is 12.6. The lowest BCUT2D eigenvalue weighted by molar-refractivity contribution is -0.131. The Labute approximate surface area is 147 Å². The number of hydrogen-bond donors (Lipinski definition) is 0. The van der Waals surface area contributed by atoms with Crippen LogP contribution in [-0.2, 0) is 4.79 Å². The van der Waals surface area contributed by atoms with Gasteiger partial charge in [-0.1, -0.05) is 55.3 Å². The van der Waals surface area contributed by atoms with Crippen molar-refractivity contribution in [2.24, 2.45) is 11.8 Å². The Morgan fingerprint density at radius 2 is 1.92 bits per heavy atom. The first-order chi connectivity index (χ1) is 11.8. The van der Waals surface area contributed by atoms with E-state index < -0.39 is 0 Å². The number of amides is 1. The summed E-state index contributed by atoms with van der Waals surface area (Å²) >= 11 is 1.56. The van der Waals surface area contributed by atoms with Gasteiger partial charge in [0.05, 0.1) is 16.3 Å². The molecule has 2 atom stereocenters. The number of rotatable bonds is 3. The van der Waals surface area contributed by atoms with Crippen molar-refractivity contribution in [2.75, 3.05) is 18.8 Å². The molecule has 0 bridgehead atoms. The molecule has 1 amide bonds. The van der Waals surface area contributed by atoms with Crippen LogP contribution in [0.1, 0.15) is 32.1 Å². The molecular weight excluding hydrogens is 316 g/mol. The van der Waals surface area contributed by atoms with Crippen molar-refractivity contribution in [1.82, 2.24) is 9.88 Å². The minimum Gasteiger partial charge on any atom is -0.342 e. The molecule has 0 spiro atoms. The molecule has 1 aromatic heterocycles. The highest BCUT2D eigenvalue weighted by Gasteiger charge is 2.32. The van der Waals surface area contributed by atoms with Gasteiger partial charge in [-0.05, 0) is 36.8 Å². The molecular formula is C20H24N2OS. The summed E-state index contributed by atoms with van der Waals surface area (Å²) in [5, 5.41) is 2.09. The van der Waals surface area contributed by atoms with Gasteiger partial charge in [-0.2, -0.15) is 0 Å². The van der Waals surface area contributed by atoms with Gasteiger partial charge in [0, 0.05) is 18.5 Å². The van der Waals surface area contributed by atoms with Crippen LogP contribution in [0.15, 0.2) is 41.4 Å². The fourth-order valence-electron chi connectivity index (χ4n) is 4.18. The van der Waals surface area contributed by atoms with Crippen molar-refractivity contribution >= 4 is 28.6 Å². The summed E-state index contributed by atoms with van der Waals surface area (Å²) in [7, 11) is 0. The van der Waals surface area contributed by atoms with Crippen LogP contribution in [0.2, 0.25) is 0 Å². The normalized spacial score (nSPS) is 23.9. The van der Waals surface area contributed by atoms with Crippen LogP contribution in [0.4, 0.5) is 0 Å². The third-order valence-electron chi connectivity index (χ3n) is 5.56. The zero-order valence-electron chi connectivity index (χ0n) is 14.0. The van der Waals surface area contributed by atoms with Crippen LogP contribution in [0.5, 0.6) is 0 Å². The first kappa shape index (κ1) is 15.9. The van der Waals surface area contributed by atoms with Crippen LogP contribution in [-0.4, -0.2) is 34.6 Å². The predicted octanol–water partition coefficient (Wildman–Crippen LogP) is 4.37. The number of carbonyl (C=O) groups excluding carboxylic acids is 1. The van der Waals surface area contributed by atoms with Gasteiger partial charge in [0.15, 0.2) is 0 Å². The Kier molecular flexibility index (Phi) is 4.74. The third kappa shape index (κ3) is 3.44. The van der Waals surface area contributed by atoms with Crippen LogP contribution in [0.3, 0.4) is 0 Å². The lowest BCUT2D eigenvalue weighted by atomic mass is 9.75. The molecule has 1 saturated heterocycles. The van der Waals surface area contributed by atoms with Crippen molar-refractivity contribution < 1.29 is 4.79 Å². The van der Waals surface area contributed by atoms with Crippen LogP contribution in [0, 0.1) is 11.8 Å². The number of nitrogens with zero attached hydrogens (tertiary/aromatic N) is 2. The number of likely N-dealkylation sites (tertiary alicyclic amines) is 1. The number of hydrogen-bond acceptors (Lipinski definition) is 3. The topological polar surface area (TPSA) is 33.2 Å². The minimum absolute atomic E-state index is 0.277. The molecule has 24 heavy (non-hydrogen) atoms. The number of fused-ring (bicyclic) bond motifs is 2. The molecule has 2 heterocycles. The van der Waals surface area contributed by atoms with Crippen molar-refractivity contribution in [2.45, 2.75) is 37.1 Å². The molecule has 1 aliphatic carbocycles. The van der Waals surface area contributed by atoms with Crippen molar-refractivity contribution in [3.63, 3.8) is 0 Å². The summed E-state index contributed by atoms with van der Waals surface area (Å²) < 4.78 is 0. The Morgan fingerprint density at radius 3 is 2.83 bits per heavy atom. The Balaban J connectivity index is 1.35. The highest BCUT2D eigenvalue weighted by molar-refractivity contribution is 7.99. The van der Waals surface area contributed by atoms with E-state index in [2.05, 4.69) is 22.0 Å². The molecule has 2 fully saturated rings. The van der Waals surface area contributed by atoms with Crippen LogP contribution >= 0.6 is 11.8 Å². The first-order valence-electron chi connectivity index (χ1n) is 9.06. The Bertz CT molecular complexity index is 732. The fourth-order valence-corrected chi connectivity index (χ4v) is 4.96. The maximum atomic E-state index is 12.6. The lowest BCUT2D eigenvalue weighted by Gasteiger charge is -2.41. The van der Waals surface area contributed by atoms with E-state index in [0.717, 1.165) is 40.9 Å². The summed E-state index contributed by atoms with van der Waals surface area (Å²) in [6.07, 6.45) is 6.63. The highest BCUT2D eigenvalue weighted by atomic mass is 32.2. The number of para-hydroxylation sites is 1. The summed E-state index contributed by atoms with van der Waals surface area (Å²) in [6, 6.07) is 12.2. The monoisotopic (exact) mass is 340 g/mol. The number of thioether (sulfide) groups is 1. The van der Waals surface area contributed by atoms with Gasteiger partial charge in [0.1, 0.15) is 0 Å². The first-order valence-corrected chi connectivity index (χ1v) is 10.0. The van der Waals surface area contributed by atoms with Crippen molar-refractivity contribution in [1.29, 1.82) is 0 Å². The number of benzene rings is 1. The molecule has 0 N–H and O–H groups in total. The van der Waals surface area contributed by atoms with E-state index in [1.54, 1.807) is 11.8 Å². The Morgan fingerprint density at radius 1 is 1.08 bits per heavy atom. The van der Waals surface area contributed by atoms with Crippen LogP contribution in [0.25, 0.3) is 10.9 Å². The molecule has 3 nitrogen and oxygen atoms in total. The van der Waals surface area contributed by atoms with E-state index in [4.69, 9.17) is 0 Å². The molecule has 0 radical (unpaired) electrons. The fraction of sp³-hybridized carbons (Fsp3) is 0.500. The number of carbonyl (C=O) groups is 1. The largest absolute Gasteiger partial charge is 0.342 e. The molecule has 1 aromatic carbocycles. The van der Waals surface area contributed by atoms with E-state index in [1.165, 1.54) is 32.1 Å². The molecule has 2 aliphatic rings. The minimum atomic E-state index is 0.277. The quantitative estimate of drug-likeness (QED) is 0.778. The average molecular weight is 340 g/mol. The van der Waals surface area contributed by atoms with E-state index in [-0.39, 0.29) is 5.91 Å². The molecule has 2 aromatic rings. The lowest BCUT2D eigenvalue weighted by Crippen LogP contribution is -2.45. The molecule has 4 rings (SSSR count). The SMILES string of the molecule is O=C(CSc1ccc2ccccc2n1)N1CC[C@H]2CCCC[C@@H]2C1. The van der Waals surface area contributed by atoms with E-state index in [1.807, 2.05) is 24.3 Å². The molecule has 4 heteroatoms. The predicted molar refractivity (Wildman–Crippen MR) is 99.1 cm³/mol. The summed E-state index contributed by atoms with van der Waals surface area (Å²) in [5.74, 6) is 2.40. The number of pyridine rings is 1. The zero-order chi connectivity index (χ0) is 16.4. The number of aromatic nitrogens is 1. The van der Waals surface area contributed by atoms with Gasteiger partial charge in [-0.3, -0.25) is 4.79 Å². The zero-order valence-corrected chi connectivity index (χ0v) is 14.8. The molecule has 126 valence electrons. The second kappa shape index (κ2) is 7.14. The van der Waals surface area contributed by atoms with Gasteiger partial charge in [-0.25, -0.2) is 4.98 Å². The van der Waals surface area contributed by atoms with Crippen molar-refractivity contribution in [3.8, 4) is 0 Å².